The minimum absolute atomic E-state index is 0.667. The van der Waals surface area contributed by atoms with Gasteiger partial charge in [0.05, 0.1) is 5.69 Å². The quantitative estimate of drug-likeness (QED) is 0.357. The van der Waals surface area contributed by atoms with Crippen LogP contribution in [-0.2, 0) is 0 Å². The second-order valence-electron chi connectivity index (χ2n) is 3.81. The molecule has 0 atom stereocenters. The maximum Gasteiger partial charge on any atom is 0.147 e. The molecule has 0 spiro atoms. The summed E-state index contributed by atoms with van der Waals surface area (Å²) in [7, 11) is 0. The van der Waals surface area contributed by atoms with Crippen molar-refractivity contribution in [1.29, 1.82) is 0 Å². The zero-order chi connectivity index (χ0) is 12.1. The highest BCUT2D eigenvalue weighted by Crippen LogP contribution is 2.12. The van der Waals surface area contributed by atoms with E-state index in [1.807, 2.05) is 61.5 Å². The minimum atomic E-state index is 0.667. The van der Waals surface area contributed by atoms with Gasteiger partial charge in [0.15, 0.2) is 0 Å². The van der Waals surface area contributed by atoms with Crippen molar-refractivity contribution in [3.8, 4) is 0 Å². The maximum absolute atomic E-state index is 5.52. The Bertz CT molecular complexity index is 518. The van der Waals surface area contributed by atoms with E-state index in [2.05, 4.69) is 10.4 Å². The largest absolute Gasteiger partial charge is 0.308 e. The molecular formula is C14H15N3. The van der Waals surface area contributed by atoms with Gasteiger partial charge in [-0.1, -0.05) is 42.0 Å². The molecule has 3 nitrogen and oxygen atoms in total. The van der Waals surface area contributed by atoms with Crippen LogP contribution >= 0.6 is 0 Å². The minimum Gasteiger partial charge on any atom is -0.308 e. The monoisotopic (exact) mass is 225 g/mol. The Kier molecular flexibility index (Phi) is 3.52. The van der Waals surface area contributed by atoms with E-state index in [1.165, 1.54) is 5.56 Å². The van der Waals surface area contributed by atoms with Gasteiger partial charge in [0.25, 0.3) is 0 Å². The van der Waals surface area contributed by atoms with Gasteiger partial charge < -0.3 is 5.43 Å². The molecule has 0 bridgehead atoms. The van der Waals surface area contributed by atoms with E-state index in [1.54, 1.807) is 0 Å². The number of nitrogens with one attached hydrogen (secondary N) is 1. The zero-order valence-corrected chi connectivity index (χ0v) is 9.72. The molecular weight excluding hydrogens is 210 g/mol. The Labute approximate surface area is 101 Å². The molecule has 0 saturated carbocycles. The summed E-state index contributed by atoms with van der Waals surface area (Å²) in [5.41, 5.74) is 5.68. The van der Waals surface area contributed by atoms with Crippen LogP contribution in [-0.4, -0.2) is 5.84 Å². The molecule has 3 heteroatoms. The molecule has 2 aromatic rings. The van der Waals surface area contributed by atoms with Crippen molar-refractivity contribution in [2.75, 3.05) is 0 Å². The third kappa shape index (κ3) is 2.92. The van der Waals surface area contributed by atoms with Crippen LogP contribution in [0, 0.1) is 6.92 Å². The van der Waals surface area contributed by atoms with Crippen LogP contribution in [0.25, 0.3) is 0 Å². The molecule has 0 fully saturated rings. The van der Waals surface area contributed by atoms with Crippen molar-refractivity contribution >= 4 is 11.5 Å². The highest BCUT2D eigenvalue weighted by Gasteiger charge is 2.01. The van der Waals surface area contributed by atoms with Crippen LogP contribution in [0.2, 0.25) is 0 Å². The number of aryl methyl sites for hydroxylation is 1. The van der Waals surface area contributed by atoms with Gasteiger partial charge in [0.1, 0.15) is 5.84 Å². The third-order valence-corrected chi connectivity index (χ3v) is 2.43. The van der Waals surface area contributed by atoms with Crippen LogP contribution in [0.1, 0.15) is 11.1 Å². The predicted octanol–water partition coefficient (Wildman–Crippen LogP) is 2.54. The average molecular weight is 225 g/mol. The number of aliphatic imine (C=N–C) groups is 1. The van der Waals surface area contributed by atoms with Gasteiger partial charge in [-0.05, 0) is 25.1 Å². The SMILES string of the molecule is Cc1cccc(C(=Nc2ccccc2)NN)c1. The first-order valence-corrected chi connectivity index (χ1v) is 5.47. The maximum atomic E-state index is 5.52. The van der Waals surface area contributed by atoms with E-state index >= 15 is 0 Å². The number of nitrogens with two attached hydrogens (primary N) is 1. The third-order valence-electron chi connectivity index (χ3n) is 2.43. The lowest BCUT2D eigenvalue weighted by atomic mass is 10.1. The van der Waals surface area contributed by atoms with Crippen LogP contribution in [0.5, 0.6) is 0 Å². The summed E-state index contributed by atoms with van der Waals surface area (Å²) < 4.78 is 0. The summed E-state index contributed by atoms with van der Waals surface area (Å²) in [6.45, 7) is 2.04. The number of hydrazine groups is 1. The van der Waals surface area contributed by atoms with E-state index in [9.17, 15) is 0 Å². The number of amidine groups is 1. The molecule has 17 heavy (non-hydrogen) atoms. The fourth-order valence-electron chi connectivity index (χ4n) is 1.60. The Morgan fingerprint density at radius 2 is 1.82 bits per heavy atom. The summed E-state index contributed by atoms with van der Waals surface area (Å²) in [4.78, 5) is 4.47. The summed E-state index contributed by atoms with van der Waals surface area (Å²) >= 11 is 0. The second kappa shape index (κ2) is 5.27. The van der Waals surface area contributed by atoms with Crippen molar-refractivity contribution in [2.45, 2.75) is 6.92 Å². The molecule has 0 radical (unpaired) electrons. The van der Waals surface area contributed by atoms with Crippen molar-refractivity contribution in [1.82, 2.24) is 5.43 Å². The number of hydrogen-bond acceptors (Lipinski definition) is 2. The van der Waals surface area contributed by atoms with E-state index in [0.717, 1.165) is 11.3 Å². The molecule has 0 aliphatic rings. The predicted molar refractivity (Wildman–Crippen MR) is 71.1 cm³/mol. The topological polar surface area (TPSA) is 50.4 Å². The number of nitrogens with zero attached hydrogens (tertiary/aromatic N) is 1. The lowest BCUT2D eigenvalue weighted by Gasteiger charge is -2.06. The summed E-state index contributed by atoms with van der Waals surface area (Å²) in [5, 5.41) is 0. The second-order valence-corrected chi connectivity index (χ2v) is 3.81. The summed E-state index contributed by atoms with van der Waals surface area (Å²) in [6, 6.07) is 17.8. The van der Waals surface area contributed by atoms with Crippen molar-refractivity contribution in [3.05, 3.63) is 65.7 Å². The summed E-state index contributed by atoms with van der Waals surface area (Å²) in [6.07, 6.45) is 0. The highest BCUT2D eigenvalue weighted by atomic mass is 15.2. The zero-order valence-electron chi connectivity index (χ0n) is 9.72. The van der Waals surface area contributed by atoms with E-state index < -0.39 is 0 Å². The number of benzene rings is 2. The lowest BCUT2D eigenvalue weighted by molar-refractivity contribution is 1.02. The molecule has 0 unspecified atom stereocenters. The van der Waals surface area contributed by atoms with Crippen LogP contribution in [0.3, 0.4) is 0 Å². The van der Waals surface area contributed by atoms with Crippen LogP contribution in [0.4, 0.5) is 5.69 Å². The van der Waals surface area contributed by atoms with Crippen molar-refractivity contribution < 1.29 is 0 Å². The Morgan fingerprint density at radius 1 is 1.06 bits per heavy atom. The standard InChI is InChI=1S/C14H15N3/c1-11-6-5-7-12(10-11)14(17-15)16-13-8-3-2-4-9-13/h2-10H,15H2,1H3,(H,16,17). The fourth-order valence-corrected chi connectivity index (χ4v) is 1.60. The molecule has 0 aliphatic carbocycles. The van der Waals surface area contributed by atoms with Gasteiger partial charge in [-0.3, -0.25) is 0 Å². The first-order valence-electron chi connectivity index (χ1n) is 5.47. The highest BCUT2D eigenvalue weighted by molar-refractivity contribution is 6.00. The van der Waals surface area contributed by atoms with E-state index in [-0.39, 0.29) is 0 Å². The number of para-hydroxylation sites is 1. The lowest BCUT2D eigenvalue weighted by Crippen LogP contribution is -2.30. The molecule has 2 rings (SSSR count). The van der Waals surface area contributed by atoms with Gasteiger partial charge in [-0.25, -0.2) is 10.8 Å². The van der Waals surface area contributed by atoms with Gasteiger partial charge in [-0.2, -0.15) is 0 Å². The number of rotatable bonds is 2. The molecule has 0 heterocycles. The average Bonchev–Trinajstić information content (AvgIpc) is 2.37. The molecule has 0 saturated heterocycles. The van der Waals surface area contributed by atoms with E-state index in [0.29, 0.717) is 5.84 Å². The van der Waals surface area contributed by atoms with E-state index in [4.69, 9.17) is 5.84 Å². The van der Waals surface area contributed by atoms with Gasteiger partial charge in [-0.15, -0.1) is 0 Å². The molecule has 2 aromatic carbocycles. The Morgan fingerprint density at radius 3 is 2.47 bits per heavy atom. The van der Waals surface area contributed by atoms with Crippen LogP contribution in [0.15, 0.2) is 59.6 Å². The molecule has 0 aliphatic heterocycles. The molecule has 86 valence electrons. The Hall–Kier alpha value is -2.13. The first kappa shape index (κ1) is 11.4. The number of hydrogen-bond donors (Lipinski definition) is 2. The van der Waals surface area contributed by atoms with Gasteiger partial charge >= 0.3 is 0 Å². The normalized spacial score (nSPS) is 11.3. The van der Waals surface area contributed by atoms with Crippen molar-refractivity contribution in [2.24, 2.45) is 10.8 Å². The van der Waals surface area contributed by atoms with Crippen molar-refractivity contribution in [3.63, 3.8) is 0 Å². The fraction of sp³-hybridized carbons (Fsp3) is 0.0714. The molecule has 0 amide bonds. The van der Waals surface area contributed by atoms with Gasteiger partial charge in [0.2, 0.25) is 0 Å². The smallest absolute Gasteiger partial charge is 0.147 e. The summed E-state index contributed by atoms with van der Waals surface area (Å²) in [5.74, 6) is 6.19. The van der Waals surface area contributed by atoms with Gasteiger partial charge in [0, 0.05) is 5.56 Å². The van der Waals surface area contributed by atoms with Crippen LogP contribution < -0.4 is 11.3 Å². The Balaban J connectivity index is 2.37. The molecule has 3 N–H and O–H groups in total. The first-order chi connectivity index (χ1) is 8.29. The molecule has 0 aromatic heterocycles.